The topological polar surface area (TPSA) is 20.2 Å². The molecule has 1 N–H and O–H groups in total. The van der Waals surface area contributed by atoms with E-state index in [9.17, 15) is 5.11 Å². The Morgan fingerprint density at radius 1 is 0.944 bits per heavy atom. The zero-order valence-electron chi connectivity index (χ0n) is 9.15. The Kier molecular flexibility index (Phi) is 2.94. The maximum atomic E-state index is 9.53. The average Bonchev–Trinajstić information content (AvgIpc) is 2.82. The van der Waals surface area contributed by atoms with Gasteiger partial charge in [0.05, 0.1) is 10.0 Å². The van der Waals surface area contributed by atoms with Crippen molar-refractivity contribution in [3.8, 4) is 16.9 Å². The Bertz CT molecular complexity index is 734. The van der Waals surface area contributed by atoms with Gasteiger partial charge >= 0.3 is 0 Å². The summed E-state index contributed by atoms with van der Waals surface area (Å²) < 4.78 is 1.17. The van der Waals surface area contributed by atoms with Crippen LogP contribution in [0.15, 0.2) is 41.8 Å². The van der Waals surface area contributed by atoms with E-state index in [1.165, 1.54) is 16.2 Å². The lowest BCUT2D eigenvalue weighted by atomic mass is 10.0. The van der Waals surface area contributed by atoms with E-state index < -0.39 is 0 Å². The molecule has 3 rings (SSSR count). The summed E-state index contributed by atoms with van der Waals surface area (Å²) >= 11 is 13.8. The number of thiophene rings is 1. The van der Waals surface area contributed by atoms with Crippen LogP contribution in [0.3, 0.4) is 0 Å². The summed E-state index contributed by atoms with van der Waals surface area (Å²) in [5.74, 6) is 0.00349. The zero-order chi connectivity index (χ0) is 12.7. The van der Waals surface area contributed by atoms with Crippen LogP contribution in [-0.2, 0) is 0 Å². The van der Waals surface area contributed by atoms with Crippen LogP contribution in [0, 0.1) is 0 Å². The Balaban J connectivity index is 2.32. The smallest absolute Gasteiger partial charge is 0.135 e. The number of fused-ring (bicyclic) bond motifs is 1. The summed E-state index contributed by atoms with van der Waals surface area (Å²) in [6.07, 6.45) is 0. The highest BCUT2D eigenvalue weighted by molar-refractivity contribution is 7.17. The molecule has 1 aromatic heterocycles. The van der Waals surface area contributed by atoms with E-state index in [0.29, 0.717) is 10.0 Å². The molecule has 0 saturated heterocycles. The molecule has 0 atom stereocenters. The van der Waals surface area contributed by atoms with E-state index in [1.807, 2.05) is 17.5 Å². The molecule has 0 unspecified atom stereocenters. The summed E-state index contributed by atoms with van der Waals surface area (Å²) in [7, 11) is 0. The molecule has 0 aliphatic heterocycles. The predicted molar refractivity (Wildman–Crippen MR) is 78.9 cm³/mol. The first-order valence-electron chi connectivity index (χ1n) is 5.31. The minimum Gasteiger partial charge on any atom is -0.506 e. The maximum Gasteiger partial charge on any atom is 0.135 e. The SMILES string of the molecule is Oc1cc(Cl)c(-c2cccc3ccsc23)cc1Cl. The number of hydrogen-bond donors (Lipinski definition) is 1. The van der Waals surface area contributed by atoms with Gasteiger partial charge in [-0.3, -0.25) is 0 Å². The highest BCUT2D eigenvalue weighted by Crippen LogP contribution is 2.40. The van der Waals surface area contributed by atoms with Gasteiger partial charge in [0.15, 0.2) is 0 Å². The van der Waals surface area contributed by atoms with Crippen molar-refractivity contribution in [1.82, 2.24) is 0 Å². The molecule has 0 aliphatic rings. The number of halogens is 2. The fourth-order valence-corrected chi connectivity index (χ4v) is 3.30. The van der Waals surface area contributed by atoms with E-state index in [0.717, 1.165) is 11.1 Å². The number of rotatable bonds is 1. The van der Waals surface area contributed by atoms with Crippen molar-refractivity contribution in [2.75, 3.05) is 0 Å². The first kappa shape index (κ1) is 11.8. The molecule has 0 bridgehead atoms. The minimum absolute atomic E-state index is 0.00349. The van der Waals surface area contributed by atoms with Crippen molar-refractivity contribution in [3.05, 3.63) is 51.8 Å². The van der Waals surface area contributed by atoms with Gasteiger partial charge in [-0.2, -0.15) is 0 Å². The Hall–Kier alpha value is -1.22. The van der Waals surface area contributed by atoms with Gasteiger partial charge in [-0.1, -0.05) is 41.4 Å². The molecule has 0 fully saturated rings. The van der Waals surface area contributed by atoms with Crippen LogP contribution >= 0.6 is 34.5 Å². The van der Waals surface area contributed by atoms with Crippen LogP contribution in [-0.4, -0.2) is 5.11 Å². The zero-order valence-corrected chi connectivity index (χ0v) is 11.5. The quantitative estimate of drug-likeness (QED) is 0.621. The van der Waals surface area contributed by atoms with Crippen molar-refractivity contribution in [2.24, 2.45) is 0 Å². The maximum absolute atomic E-state index is 9.53. The van der Waals surface area contributed by atoms with Crippen LogP contribution in [0.4, 0.5) is 0 Å². The van der Waals surface area contributed by atoms with Crippen molar-refractivity contribution in [3.63, 3.8) is 0 Å². The summed E-state index contributed by atoms with van der Waals surface area (Å²) in [5.41, 5.74) is 1.88. The number of phenols is 1. The third-order valence-electron chi connectivity index (χ3n) is 2.81. The second-order valence-corrected chi connectivity index (χ2v) is 5.66. The molecule has 0 aliphatic carbocycles. The van der Waals surface area contributed by atoms with Gasteiger partial charge in [0.2, 0.25) is 0 Å². The molecule has 4 heteroatoms. The van der Waals surface area contributed by atoms with Gasteiger partial charge in [0, 0.05) is 21.9 Å². The molecular formula is C14H8Cl2OS. The van der Waals surface area contributed by atoms with Crippen LogP contribution < -0.4 is 0 Å². The van der Waals surface area contributed by atoms with Crippen molar-refractivity contribution >= 4 is 44.6 Å². The summed E-state index contributed by atoms with van der Waals surface area (Å²) in [4.78, 5) is 0. The second-order valence-electron chi connectivity index (χ2n) is 3.93. The lowest BCUT2D eigenvalue weighted by Gasteiger charge is -2.08. The Morgan fingerprint density at radius 2 is 1.78 bits per heavy atom. The molecule has 0 radical (unpaired) electrons. The van der Waals surface area contributed by atoms with Gasteiger partial charge < -0.3 is 5.11 Å². The molecule has 3 aromatic rings. The van der Waals surface area contributed by atoms with E-state index in [-0.39, 0.29) is 5.75 Å². The van der Waals surface area contributed by atoms with Gasteiger partial charge in [0.25, 0.3) is 0 Å². The predicted octanol–water partition coefficient (Wildman–Crippen LogP) is 5.58. The second kappa shape index (κ2) is 4.47. The Morgan fingerprint density at radius 3 is 2.61 bits per heavy atom. The van der Waals surface area contributed by atoms with Crippen molar-refractivity contribution in [2.45, 2.75) is 0 Å². The monoisotopic (exact) mass is 294 g/mol. The molecule has 90 valence electrons. The normalized spacial score (nSPS) is 11.0. The third kappa shape index (κ3) is 1.87. The molecule has 2 aromatic carbocycles. The first-order valence-corrected chi connectivity index (χ1v) is 6.95. The standard InChI is InChI=1S/C14H8Cl2OS/c15-11-7-13(17)12(16)6-10(11)9-3-1-2-8-4-5-18-14(8)9/h1-7,17H. The first-order chi connectivity index (χ1) is 8.66. The minimum atomic E-state index is 0.00349. The van der Waals surface area contributed by atoms with Gasteiger partial charge in [-0.05, 0) is 22.9 Å². The van der Waals surface area contributed by atoms with E-state index in [2.05, 4.69) is 12.1 Å². The molecule has 0 spiro atoms. The van der Waals surface area contributed by atoms with Crippen LogP contribution in [0.1, 0.15) is 0 Å². The highest BCUT2D eigenvalue weighted by atomic mass is 35.5. The third-order valence-corrected chi connectivity index (χ3v) is 4.38. The average molecular weight is 295 g/mol. The number of benzene rings is 2. The van der Waals surface area contributed by atoms with Crippen molar-refractivity contribution in [1.29, 1.82) is 0 Å². The van der Waals surface area contributed by atoms with Crippen LogP contribution in [0.25, 0.3) is 21.2 Å². The largest absolute Gasteiger partial charge is 0.506 e. The molecule has 1 heterocycles. The summed E-state index contributed by atoms with van der Waals surface area (Å²) in [6, 6.07) is 11.3. The van der Waals surface area contributed by atoms with E-state index >= 15 is 0 Å². The molecule has 18 heavy (non-hydrogen) atoms. The number of phenolic OH excluding ortho intramolecular Hbond substituents is 1. The Labute approximate surface area is 118 Å². The number of aromatic hydroxyl groups is 1. The van der Waals surface area contributed by atoms with Crippen molar-refractivity contribution < 1.29 is 5.11 Å². The number of hydrogen-bond acceptors (Lipinski definition) is 2. The lowest BCUT2D eigenvalue weighted by Crippen LogP contribution is -1.81. The fraction of sp³-hybridized carbons (Fsp3) is 0. The van der Waals surface area contributed by atoms with Gasteiger partial charge in [-0.15, -0.1) is 11.3 Å². The van der Waals surface area contributed by atoms with Gasteiger partial charge in [0.1, 0.15) is 5.75 Å². The molecular weight excluding hydrogens is 287 g/mol. The van der Waals surface area contributed by atoms with Crippen LogP contribution in [0.2, 0.25) is 10.0 Å². The van der Waals surface area contributed by atoms with E-state index in [1.54, 1.807) is 17.4 Å². The molecule has 1 nitrogen and oxygen atoms in total. The highest BCUT2D eigenvalue weighted by Gasteiger charge is 2.11. The summed E-state index contributed by atoms with van der Waals surface area (Å²) in [5, 5.41) is 13.6. The fourth-order valence-electron chi connectivity index (χ4n) is 1.95. The molecule has 0 amide bonds. The summed E-state index contributed by atoms with van der Waals surface area (Å²) in [6.45, 7) is 0. The van der Waals surface area contributed by atoms with Gasteiger partial charge in [-0.25, -0.2) is 0 Å². The molecule has 0 saturated carbocycles. The van der Waals surface area contributed by atoms with Crippen LogP contribution in [0.5, 0.6) is 5.75 Å². The lowest BCUT2D eigenvalue weighted by molar-refractivity contribution is 0.475. The van der Waals surface area contributed by atoms with E-state index in [4.69, 9.17) is 23.2 Å².